The number of pyridine rings is 1. The Hall–Kier alpha value is -2.07. The van der Waals surface area contributed by atoms with Crippen LogP contribution in [0.15, 0.2) is 30.5 Å². The lowest BCUT2D eigenvalue weighted by Gasteiger charge is -2.06. The molecule has 0 saturated carbocycles. The first-order valence-corrected chi connectivity index (χ1v) is 7.20. The third-order valence-corrected chi connectivity index (χ3v) is 4.01. The van der Waals surface area contributed by atoms with E-state index >= 15 is 0 Å². The van der Waals surface area contributed by atoms with E-state index in [1.54, 1.807) is 7.11 Å². The van der Waals surface area contributed by atoms with E-state index in [1.807, 2.05) is 42.1 Å². The van der Waals surface area contributed by atoms with Gasteiger partial charge in [-0.1, -0.05) is 18.5 Å². The highest BCUT2D eigenvalue weighted by Gasteiger charge is 2.15. The van der Waals surface area contributed by atoms with Gasteiger partial charge in [0.15, 0.2) is 5.65 Å². The smallest absolute Gasteiger partial charge is 0.164 e. The van der Waals surface area contributed by atoms with Gasteiger partial charge >= 0.3 is 0 Å². The number of fused-ring (bicyclic) bond motifs is 1. The molecule has 0 aliphatic carbocycles. The van der Waals surface area contributed by atoms with Crippen molar-refractivity contribution >= 4 is 22.6 Å². The molecule has 2 heterocycles. The van der Waals surface area contributed by atoms with Gasteiger partial charge in [-0.2, -0.15) is 5.10 Å². The average molecular weight is 302 g/mol. The minimum Gasteiger partial charge on any atom is -0.497 e. The predicted octanol–water partition coefficient (Wildman–Crippen LogP) is 3.95. The molecule has 3 aromatic rings. The van der Waals surface area contributed by atoms with Gasteiger partial charge in [0.25, 0.3) is 0 Å². The van der Waals surface area contributed by atoms with Gasteiger partial charge in [-0.25, -0.2) is 9.67 Å². The Morgan fingerprint density at radius 3 is 2.57 bits per heavy atom. The summed E-state index contributed by atoms with van der Waals surface area (Å²) in [7, 11) is 1.65. The summed E-state index contributed by atoms with van der Waals surface area (Å²) in [6.45, 7) is 4.02. The number of halogens is 1. The van der Waals surface area contributed by atoms with Gasteiger partial charge in [0, 0.05) is 6.20 Å². The van der Waals surface area contributed by atoms with Gasteiger partial charge in [0.05, 0.1) is 28.9 Å². The number of aryl methyl sites for hydroxylation is 2. The van der Waals surface area contributed by atoms with Crippen molar-refractivity contribution in [3.8, 4) is 11.4 Å². The molecule has 4 nitrogen and oxygen atoms in total. The van der Waals surface area contributed by atoms with E-state index < -0.39 is 0 Å². The van der Waals surface area contributed by atoms with Gasteiger partial charge < -0.3 is 4.74 Å². The predicted molar refractivity (Wildman–Crippen MR) is 84.5 cm³/mol. The quantitative estimate of drug-likeness (QED) is 0.735. The van der Waals surface area contributed by atoms with E-state index in [-0.39, 0.29) is 0 Å². The van der Waals surface area contributed by atoms with Crippen LogP contribution in [0, 0.1) is 6.92 Å². The third-order valence-electron chi connectivity index (χ3n) is 3.58. The Kier molecular flexibility index (Phi) is 3.55. The number of rotatable bonds is 3. The monoisotopic (exact) mass is 301 g/mol. The highest BCUT2D eigenvalue weighted by molar-refractivity contribution is 6.36. The van der Waals surface area contributed by atoms with Crippen molar-refractivity contribution in [2.24, 2.45) is 0 Å². The van der Waals surface area contributed by atoms with Crippen LogP contribution < -0.4 is 4.74 Å². The lowest BCUT2D eigenvalue weighted by atomic mass is 10.1. The molecule has 0 saturated heterocycles. The summed E-state index contributed by atoms with van der Waals surface area (Å²) in [4.78, 5) is 4.54. The molecule has 108 valence electrons. The summed E-state index contributed by atoms with van der Waals surface area (Å²) in [5.74, 6) is 0.811. The zero-order chi connectivity index (χ0) is 15.0. The topological polar surface area (TPSA) is 39.9 Å². The number of benzene rings is 1. The van der Waals surface area contributed by atoms with Gasteiger partial charge in [0.2, 0.25) is 0 Å². The summed E-state index contributed by atoms with van der Waals surface area (Å²) in [6, 6.07) is 7.71. The molecule has 5 heteroatoms. The standard InChI is InChI=1S/C16H16ClN3O/c1-4-11-9-18-16-14(15(11)17)10(2)19-20(16)12-5-7-13(21-3)8-6-12/h5-9H,4H2,1-3H3. The molecule has 0 amide bonds. The zero-order valence-corrected chi connectivity index (χ0v) is 13.0. The van der Waals surface area contributed by atoms with Gasteiger partial charge in [0.1, 0.15) is 5.75 Å². The highest BCUT2D eigenvalue weighted by Crippen LogP contribution is 2.30. The van der Waals surface area contributed by atoms with Crippen molar-refractivity contribution in [1.82, 2.24) is 14.8 Å². The Bertz CT molecular complexity index is 793. The van der Waals surface area contributed by atoms with Crippen LogP contribution in [0.25, 0.3) is 16.7 Å². The molecule has 0 aliphatic rings. The van der Waals surface area contributed by atoms with Gasteiger partial charge in [-0.3, -0.25) is 0 Å². The highest BCUT2D eigenvalue weighted by atomic mass is 35.5. The number of methoxy groups -OCH3 is 1. The van der Waals surface area contributed by atoms with Crippen molar-refractivity contribution in [3.05, 3.63) is 46.7 Å². The maximum atomic E-state index is 6.48. The molecular formula is C16H16ClN3O. The fourth-order valence-corrected chi connectivity index (χ4v) is 2.80. The fraction of sp³-hybridized carbons (Fsp3) is 0.250. The van der Waals surface area contributed by atoms with Gasteiger partial charge in [-0.15, -0.1) is 0 Å². The number of aromatic nitrogens is 3. The molecule has 0 bridgehead atoms. The van der Waals surface area contributed by atoms with Crippen molar-refractivity contribution in [2.75, 3.05) is 7.11 Å². The summed E-state index contributed by atoms with van der Waals surface area (Å²) in [5, 5.41) is 6.25. The molecule has 0 fully saturated rings. The number of hydrogen-bond donors (Lipinski definition) is 0. The second kappa shape index (κ2) is 5.37. The molecule has 0 atom stereocenters. The van der Waals surface area contributed by atoms with Crippen LogP contribution in [0.3, 0.4) is 0 Å². The summed E-state index contributed by atoms with van der Waals surface area (Å²) in [5.41, 5.74) is 3.64. The first kappa shape index (κ1) is 13.9. The number of nitrogens with zero attached hydrogens (tertiary/aromatic N) is 3. The van der Waals surface area contributed by atoms with Crippen LogP contribution in [-0.2, 0) is 6.42 Å². The molecule has 0 aliphatic heterocycles. The van der Waals surface area contributed by atoms with Gasteiger partial charge in [-0.05, 0) is 43.2 Å². The molecule has 2 aromatic heterocycles. The normalized spacial score (nSPS) is 11.0. The van der Waals surface area contributed by atoms with Crippen molar-refractivity contribution in [3.63, 3.8) is 0 Å². The largest absolute Gasteiger partial charge is 0.497 e. The minimum absolute atomic E-state index is 0.750. The first-order chi connectivity index (χ1) is 10.2. The SMILES string of the molecule is CCc1cnc2c(c(C)nn2-c2ccc(OC)cc2)c1Cl. The Morgan fingerprint density at radius 1 is 1.24 bits per heavy atom. The van der Waals surface area contributed by atoms with Crippen molar-refractivity contribution < 1.29 is 4.74 Å². The van der Waals surface area contributed by atoms with Crippen molar-refractivity contribution in [1.29, 1.82) is 0 Å². The molecule has 0 radical (unpaired) electrons. The van der Waals surface area contributed by atoms with Crippen LogP contribution >= 0.6 is 11.6 Å². The summed E-state index contributed by atoms with van der Waals surface area (Å²) < 4.78 is 7.00. The van der Waals surface area contributed by atoms with Crippen LogP contribution in [0.1, 0.15) is 18.2 Å². The zero-order valence-electron chi connectivity index (χ0n) is 12.2. The summed E-state index contributed by atoms with van der Waals surface area (Å²) >= 11 is 6.48. The van der Waals surface area contributed by atoms with E-state index in [0.717, 1.165) is 45.2 Å². The second-order valence-corrected chi connectivity index (χ2v) is 5.22. The molecule has 0 spiro atoms. The molecule has 1 aromatic carbocycles. The van der Waals surface area contributed by atoms with E-state index in [4.69, 9.17) is 16.3 Å². The van der Waals surface area contributed by atoms with E-state index in [0.29, 0.717) is 0 Å². The molecule has 0 N–H and O–H groups in total. The Balaban J connectivity index is 2.21. The van der Waals surface area contributed by atoms with Crippen LogP contribution in [-0.4, -0.2) is 21.9 Å². The lowest BCUT2D eigenvalue weighted by Crippen LogP contribution is -1.98. The maximum Gasteiger partial charge on any atom is 0.164 e. The fourth-order valence-electron chi connectivity index (χ4n) is 2.40. The molecule has 0 unspecified atom stereocenters. The molecular weight excluding hydrogens is 286 g/mol. The lowest BCUT2D eigenvalue weighted by molar-refractivity contribution is 0.414. The molecule has 21 heavy (non-hydrogen) atoms. The van der Waals surface area contributed by atoms with E-state index in [2.05, 4.69) is 17.0 Å². The Morgan fingerprint density at radius 2 is 1.95 bits per heavy atom. The van der Waals surface area contributed by atoms with Crippen molar-refractivity contribution in [2.45, 2.75) is 20.3 Å². The van der Waals surface area contributed by atoms with E-state index in [9.17, 15) is 0 Å². The average Bonchev–Trinajstić information content (AvgIpc) is 2.85. The third kappa shape index (κ3) is 2.25. The summed E-state index contributed by atoms with van der Waals surface area (Å²) in [6.07, 6.45) is 2.68. The second-order valence-electron chi connectivity index (χ2n) is 4.84. The maximum absolute atomic E-state index is 6.48. The minimum atomic E-state index is 0.750. The molecule has 3 rings (SSSR count). The Labute approximate surface area is 128 Å². The number of hydrogen-bond acceptors (Lipinski definition) is 3. The number of ether oxygens (including phenoxy) is 1. The first-order valence-electron chi connectivity index (χ1n) is 6.82. The van der Waals surface area contributed by atoms with E-state index in [1.165, 1.54) is 0 Å². The van der Waals surface area contributed by atoms with Crippen LogP contribution in [0.5, 0.6) is 5.75 Å². The van der Waals surface area contributed by atoms with Crippen LogP contribution in [0.2, 0.25) is 5.02 Å². The van der Waals surface area contributed by atoms with Crippen LogP contribution in [0.4, 0.5) is 0 Å².